The average molecular weight is 402 g/mol. The van der Waals surface area contributed by atoms with Crippen LogP contribution in [0.15, 0.2) is 61.5 Å². The summed E-state index contributed by atoms with van der Waals surface area (Å²) in [4.78, 5) is 13.0. The Hall–Kier alpha value is -2.16. The molecule has 2 aliphatic rings. The standard InChI is InChI=1S/C19H18N2O4S2/c22-19-15(17-3-1-7-25-17)5-6-16-14-9-13(11-21(16)19)10-20(12-14)27(23,24)18-4-2-8-26-18/h1-8,13-14H,9-12H2/t13-,14-/m1/s1. The largest absolute Gasteiger partial charge is 0.464 e. The SMILES string of the molecule is O=c1c(-c2ccco2)ccc2n1C[C@@H]1C[C@@H]2CN(S(=O)(=O)c2cccs2)C1. The minimum absolute atomic E-state index is 0.0330. The third-order valence-electron chi connectivity index (χ3n) is 5.45. The Morgan fingerprint density at radius 1 is 1.07 bits per heavy atom. The van der Waals surface area contributed by atoms with E-state index in [1.165, 1.54) is 11.3 Å². The van der Waals surface area contributed by atoms with Gasteiger partial charge in [-0.15, -0.1) is 11.3 Å². The van der Waals surface area contributed by atoms with Crippen molar-refractivity contribution in [2.45, 2.75) is 23.1 Å². The van der Waals surface area contributed by atoms with Gasteiger partial charge in [0.15, 0.2) is 0 Å². The summed E-state index contributed by atoms with van der Waals surface area (Å²) in [6.45, 7) is 1.40. The molecule has 1 fully saturated rings. The van der Waals surface area contributed by atoms with Gasteiger partial charge in [0.25, 0.3) is 15.6 Å². The van der Waals surface area contributed by atoms with Gasteiger partial charge in [-0.2, -0.15) is 4.31 Å². The number of nitrogens with zero attached hydrogens (tertiary/aromatic N) is 2. The Balaban J connectivity index is 1.52. The number of furan rings is 1. The Bertz CT molecular complexity index is 1130. The highest BCUT2D eigenvalue weighted by Gasteiger charge is 2.40. The highest BCUT2D eigenvalue weighted by Crippen LogP contribution is 2.38. The Kier molecular flexibility index (Phi) is 3.89. The van der Waals surface area contributed by atoms with Crippen LogP contribution in [-0.4, -0.2) is 30.4 Å². The van der Waals surface area contributed by atoms with Crippen molar-refractivity contribution in [3.63, 3.8) is 0 Å². The van der Waals surface area contributed by atoms with Crippen LogP contribution in [0, 0.1) is 5.92 Å². The van der Waals surface area contributed by atoms with Gasteiger partial charge in [0, 0.05) is 31.2 Å². The average Bonchev–Trinajstić information content (AvgIpc) is 3.36. The van der Waals surface area contributed by atoms with Crippen LogP contribution in [0.2, 0.25) is 0 Å². The second-order valence-electron chi connectivity index (χ2n) is 7.12. The minimum atomic E-state index is -3.47. The molecule has 2 bridgehead atoms. The summed E-state index contributed by atoms with van der Waals surface area (Å²) in [6.07, 6.45) is 2.47. The normalized spacial score (nSPS) is 22.5. The molecule has 5 rings (SSSR count). The van der Waals surface area contributed by atoms with Crippen molar-refractivity contribution in [2.24, 2.45) is 5.92 Å². The molecule has 1 saturated heterocycles. The molecule has 8 heteroatoms. The first-order chi connectivity index (χ1) is 13.0. The summed E-state index contributed by atoms with van der Waals surface area (Å²) in [7, 11) is -3.47. The van der Waals surface area contributed by atoms with Crippen LogP contribution in [0.3, 0.4) is 0 Å². The van der Waals surface area contributed by atoms with Crippen LogP contribution in [0.5, 0.6) is 0 Å². The first kappa shape index (κ1) is 17.0. The lowest BCUT2D eigenvalue weighted by Gasteiger charge is -2.42. The number of aromatic nitrogens is 1. The van der Waals surface area contributed by atoms with Crippen molar-refractivity contribution < 1.29 is 12.8 Å². The maximum atomic E-state index is 13.0. The van der Waals surface area contributed by atoms with Gasteiger partial charge in [0.1, 0.15) is 9.97 Å². The molecule has 27 heavy (non-hydrogen) atoms. The van der Waals surface area contributed by atoms with Crippen LogP contribution in [-0.2, 0) is 16.6 Å². The molecule has 2 atom stereocenters. The van der Waals surface area contributed by atoms with E-state index in [4.69, 9.17) is 4.42 Å². The first-order valence-electron chi connectivity index (χ1n) is 8.85. The summed E-state index contributed by atoms with van der Waals surface area (Å²) < 4.78 is 35.0. The molecule has 2 aliphatic heterocycles. The Morgan fingerprint density at radius 3 is 2.70 bits per heavy atom. The van der Waals surface area contributed by atoms with E-state index in [9.17, 15) is 13.2 Å². The molecule has 0 radical (unpaired) electrons. The predicted octanol–water partition coefficient (Wildman–Crippen LogP) is 2.98. The first-order valence-corrected chi connectivity index (χ1v) is 11.2. The number of fused-ring (bicyclic) bond motifs is 4. The summed E-state index contributed by atoms with van der Waals surface area (Å²) in [5.41, 5.74) is 1.40. The maximum Gasteiger partial charge on any atom is 0.261 e. The fraction of sp³-hybridized carbons (Fsp3) is 0.316. The van der Waals surface area contributed by atoms with Crippen molar-refractivity contribution in [1.29, 1.82) is 0 Å². The smallest absolute Gasteiger partial charge is 0.261 e. The minimum Gasteiger partial charge on any atom is -0.464 e. The van der Waals surface area contributed by atoms with Crippen molar-refractivity contribution in [2.75, 3.05) is 13.1 Å². The fourth-order valence-corrected chi connectivity index (χ4v) is 6.96. The van der Waals surface area contributed by atoms with Gasteiger partial charge < -0.3 is 8.98 Å². The number of rotatable bonds is 3. The highest BCUT2D eigenvalue weighted by molar-refractivity contribution is 7.91. The second-order valence-corrected chi connectivity index (χ2v) is 10.2. The molecular formula is C19H18N2O4S2. The highest BCUT2D eigenvalue weighted by atomic mass is 32.2. The number of pyridine rings is 1. The van der Waals surface area contributed by atoms with Crippen molar-refractivity contribution in [3.05, 3.63) is 64.1 Å². The lowest BCUT2D eigenvalue weighted by Crippen LogP contribution is -2.49. The molecule has 6 nitrogen and oxygen atoms in total. The van der Waals surface area contributed by atoms with Crippen LogP contribution in [0.25, 0.3) is 11.3 Å². The zero-order valence-electron chi connectivity index (χ0n) is 14.4. The summed E-state index contributed by atoms with van der Waals surface area (Å²) >= 11 is 1.24. The van der Waals surface area contributed by atoms with Crippen molar-refractivity contribution in [3.8, 4) is 11.3 Å². The quantitative estimate of drug-likeness (QED) is 0.675. The van der Waals surface area contributed by atoms with Crippen LogP contribution in [0.4, 0.5) is 0 Å². The molecular weight excluding hydrogens is 384 g/mol. The molecule has 0 aromatic carbocycles. The maximum absolute atomic E-state index is 13.0. The van der Waals surface area contributed by atoms with Crippen molar-refractivity contribution in [1.82, 2.24) is 8.87 Å². The number of hydrogen-bond acceptors (Lipinski definition) is 5. The van der Waals surface area contributed by atoms with E-state index in [2.05, 4.69) is 0 Å². The molecule has 0 saturated carbocycles. The zero-order chi connectivity index (χ0) is 18.6. The van der Waals surface area contributed by atoms with Crippen LogP contribution < -0.4 is 5.56 Å². The molecule has 0 aliphatic carbocycles. The third kappa shape index (κ3) is 2.70. The second kappa shape index (κ2) is 6.19. The molecule has 0 unspecified atom stereocenters. The lowest BCUT2D eigenvalue weighted by atomic mass is 9.84. The number of hydrogen-bond donors (Lipinski definition) is 0. The molecule has 0 spiro atoms. The van der Waals surface area contributed by atoms with Gasteiger partial charge in [0.05, 0.1) is 11.8 Å². The van der Waals surface area contributed by atoms with E-state index in [0.717, 1.165) is 12.1 Å². The van der Waals surface area contributed by atoms with Gasteiger partial charge in [-0.3, -0.25) is 4.79 Å². The Morgan fingerprint density at radius 2 is 1.96 bits per heavy atom. The third-order valence-corrected chi connectivity index (χ3v) is 8.65. The topological polar surface area (TPSA) is 72.5 Å². The van der Waals surface area contributed by atoms with E-state index in [1.807, 2.05) is 10.6 Å². The van der Waals surface area contributed by atoms with Gasteiger partial charge in [0.2, 0.25) is 0 Å². The molecule has 3 aromatic rings. The monoisotopic (exact) mass is 402 g/mol. The van der Waals surface area contributed by atoms with Gasteiger partial charge in [-0.05, 0) is 48.1 Å². The molecule has 0 N–H and O–H groups in total. The van der Waals surface area contributed by atoms with E-state index in [-0.39, 0.29) is 17.4 Å². The van der Waals surface area contributed by atoms with Gasteiger partial charge in [-0.25, -0.2) is 8.42 Å². The number of sulfonamides is 1. The molecule has 3 aromatic heterocycles. The predicted molar refractivity (Wildman–Crippen MR) is 102 cm³/mol. The van der Waals surface area contributed by atoms with Crippen LogP contribution >= 0.6 is 11.3 Å². The van der Waals surface area contributed by atoms with Gasteiger partial charge >= 0.3 is 0 Å². The Labute approximate surface area is 160 Å². The fourth-order valence-electron chi connectivity index (χ4n) is 4.26. The summed E-state index contributed by atoms with van der Waals surface area (Å²) in [5, 5.41) is 1.78. The van der Waals surface area contributed by atoms with E-state index >= 15 is 0 Å². The zero-order valence-corrected chi connectivity index (χ0v) is 16.1. The molecule has 5 heterocycles. The van der Waals surface area contributed by atoms with Gasteiger partial charge in [-0.1, -0.05) is 6.07 Å². The molecule has 0 amide bonds. The lowest BCUT2D eigenvalue weighted by molar-refractivity contribution is 0.186. The van der Waals surface area contributed by atoms with E-state index in [0.29, 0.717) is 35.2 Å². The number of thiophene rings is 1. The van der Waals surface area contributed by atoms with Crippen molar-refractivity contribution >= 4 is 21.4 Å². The number of piperidine rings is 1. The van der Waals surface area contributed by atoms with E-state index in [1.54, 1.807) is 46.3 Å². The summed E-state index contributed by atoms with van der Waals surface area (Å²) in [5.74, 6) is 0.731. The summed E-state index contributed by atoms with van der Waals surface area (Å²) in [6, 6.07) is 10.7. The van der Waals surface area contributed by atoms with E-state index < -0.39 is 10.0 Å². The van der Waals surface area contributed by atoms with Crippen LogP contribution in [0.1, 0.15) is 18.0 Å². The molecule has 140 valence electrons.